The third-order valence-corrected chi connectivity index (χ3v) is 5.64. The van der Waals surface area contributed by atoms with Crippen molar-refractivity contribution in [1.82, 2.24) is 19.3 Å². The van der Waals surface area contributed by atoms with Crippen molar-refractivity contribution >= 4 is 27.0 Å². The van der Waals surface area contributed by atoms with E-state index >= 15 is 0 Å². The first-order valence-corrected chi connectivity index (χ1v) is 8.35. The molecule has 3 aromatic heterocycles. The molecule has 20 heavy (non-hydrogen) atoms. The van der Waals surface area contributed by atoms with Gasteiger partial charge in [0, 0.05) is 19.2 Å². The molecule has 3 rings (SSSR count). The van der Waals surface area contributed by atoms with Crippen LogP contribution in [0.4, 0.5) is 0 Å². The SMILES string of the molecule is O=S(=O)(NCCc1nnc2ccccn12)c1cccs1. The predicted molar refractivity (Wildman–Crippen MR) is 76.2 cm³/mol. The highest BCUT2D eigenvalue weighted by molar-refractivity contribution is 7.91. The fraction of sp³-hybridized carbons (Fsp3) is 0.167. The summed E-state index contributed by atoms with van der Waals surface area (Å²) < 4.78 is 28.6. The molecular weight excluding hydrogens is 296 g/mol. The summed E-state index contributed by atoms with van der Waals surface area (Å²) in [5.41, 5.74) is 0.753. The molecule has 0 aliphatic carbocycles. The smallest absolute Gasteiger partial charge is 0.250 e. The van der Waals surface area contributed by atoms with Crippen molar-refractivity contribution in [2.45, 2.75) is 10.6 Å². The molecule has 0 aliphatic heterocycles. The molecule has 3 heterocycles. The maximum absolute atomic E-state index is 11.9. The van der Waals surface area contributed by atoms with Crippen molar-refractivity contribution in [3.63, 3.8) is 0 Å². The van der Waals surface area contributed by atoms with E-state index in [9.17, 15) is 8.42 Å². The average Bonchev–Trinajstić information content (AvgIpc) is 3.08. The Bertz CT molecular complexity index is 809. The van der Waals surface area contributed by atoms with Gasteiger partial charge in [-0.15, -0.1) is 21.5 Å². The number of hydrogen-bond donors (Lipinski definition) is 1. The summed E-state index contributed by atoms with van der Waals surface area (Å²) in [6.45, 7) is 0.288. The van der Waals surface area contributed by atoms with Gasteiger partial charge in [-0.2, -0.15) is 0 Å². The molecule has 0 aromatic carbocycles. The maximum Gasteiger partial charge on any atom is 0.250 e. The van der Waals surface area contributed by atoms with Crippen molar-refractivity contribution in [3.05, 3.63) is 47.7 Å². The molecule has 0 unspecified atom stereocenters. The van der Waals surface area contributed by atoms with Crippen LogP contribution in [-0.2, 0) is 16.4 Å². The van der Waals surface area contributed by atoms with Gasteiger partial charge in [-0.1, -0.05) is 12.1 Å². The molecule has 0 bridgehead atoms. The standard InChI is InChI=1S/C12H12N4O2S2/c17-20(18,12-5-3-9-19-12)13-7-6-11-15-14-10-4-1-2-8-16(10)11/h1-5,8-9,13H,6-7H2. The van der Waals surface area contributed by atoms with Crippen molar-refractivity contribution in [3.8, 4) is 0 Å². The van der Waals surface area contributed by atoms with Gasteiger partial charge in [0.2, 0.25) is 10.0 Å². The Morgan fingerprint density at radius 2 is 2.10 bits per heavy atom. The summed E-state index contributed by atoms with van der Waals surface area (Å²) in [5.74, 6) is 0.731. The summed E-state index contributed by atoms with van der Waals surface area (Å²) in [4.78, 5) is 0. The molecule has 0 spiro atoms. The predicted octanol–water partition coefficient (Wildman–Crippen LogP) is 1.31. The van der Waals surface area contributed by atoms with E-state index in [0.717, 1.165) is 11.5 Å². The van der Waals surface area contributed by atoms with Crippen LogP contribution in [0.2, 0.25) is 0 Å². The minimum absolute atomic E-state index is 0.288. The first-order valence-electron chi connectivity index (χ1n) is 5.99. The van der Waals surface area contributed by atoms with Gasteiger partial charge in [0.25, 0.3) is 0 Å². The second-order valence-corrected chi connectivity index (χ2v) is 7.07. The van der Waals surface area contributed by atoms with Gasteiger partial charge in [-0.05, 0) is 23.6 Å². The lowest BCUT2D eigenvalue weighted by molar-refractivity contribution is 0.582. The monoisotopic (exact) mass is 308 g/mol. The molecule has 8 heteroatoms. The zero-order chi connectivity index (χ0) is 14.0. The minimum atomic E-state index is -3.41. The van der Waals surface area contributed by atoms with E-state index in [1.54, 1.807) is 17.5 Å². The number of thiophene rings is 1. The lowest BCUT2D eigenvalue weighted by Gasteiger charge is -2.03. The number of nitrogens with one attached hydrogen (secondary N) is 1. The lowest BCUT2D eigenvalue weighted by atomic mass is 10.4. The van der Waals surface area contributed by atoms with Crippen LogP contribution in [0.1, 0.15) is 5.82 Å². The van der Waals surface area contributed by atoms with E-state index in [1.807, 2.05) is 28.8 Å². The summed E-state index contributed by atoms with van der Waals surface area (Å²) >= 11 is 1.20. The van der Waals surface area contributed by atoms with E-state index in [-0.39, 0.29) is 6.54 Å². The second kappa shape index (κ2) is 5.31. The molecule has 104 valence electrons. The number of rotatable bonds is 5. The second-order valence-electron chi connectivity index (χ2n) is 4.12. The van der Waals surface area contributed by atoms with E-state index in [1.165, 1.54) is 11.3 Å². The van der Waals surface area contributed by atoms with Crippen LogP contribution in [0.25, 0.3) is 5.65 Å². The number of sulfonamides is 1. The fourth-order valence-electron chi connectivity index (χ4n) is 1.85. The van der Waals surface area contributed by atoms with Crippen LogP contribution in [0.3, 0.4) is 0 Å². The van der Waals surface area contributed by atoms with Gasteiger partial charge in [0.05, 0.1) is 0 Å². The summed E-state index contributed by atoms with van der Waals surface area (Å²) in [5, 5.41) is 9.82. The molecule has 3 aromatic rings. The van der Waals surface area contributed by atoms with E-state index < -0.39 is 10.0 Å². The zero-order valence-electron chi connectivity index (χ0n) is 10.4. The molecule has 0 saturated carbocycles. The molecule has 1 N–H and O–H groups in total. The zero-order valence-corrected chi connectivity index (χ0v) is 12.1. The van der Waals surface area contributed by atoms with E-state index in [4.69, 9.17) is 0 Å². The molecule has 0 radical (unpaired) electrons. The highest BCUT2D eigenvalue weighted by Gasteiger charge is 2.14. The van der Waals surface area contributed by atoms with E-state index in [0.29, 0.717) is 10.6 Å². The lowest BCUT2D eigenvalue weighted by Crippen LogP contribution is -2.25. The number of aromatic nitrogens is 3. The van der Waals surface area contributed by atoms with Crippen LogP contribution in [0.15, 0.2) is 46.1 Å². The van der Waals surface area contributed by atoms with Crippen LogP contribution in [0, 0.1) is 0 Å². The Morgan fingerprint density at radius 3 is 2.90 bits per heavy atom. The van der Waals surface area contributed by atoms with Crippen LogP contribution in [0.5, 0.6) is 0 Å². The summed E-state index contributed by atoms with van der Waals surface area (Å²) in [6, 6.07) is 8.92. The molecule has 0 fully saturated rings. The summed E-state index contributed by atoms with van der Waals surface area (Å²) in [7, 11) is -3.41. The Morgan fingerprint density at radius 1 is 1.20 bits per heavy atom. The fourth-order valence-corrected chi connectivity index (χ4v) is 3.92. The first kappa shape index (κ1) is 13.2. The van der Waals surface area contributed by atoms with Gasteiger partial charge < -0.3 is 0 Å². The normalized spacial score (nSPS) is 12.0. The number of fused-ring (bicyclic) bond motifs is 1. The highest BCUT2D eigenvalue weighted by atomic mass is 32.2. The van der Waals surface area contributed by atoms with Gasteiger partial charge in [-0.25, -0.2) is 13.1 Å². The molecule has 0 amide bonds. The third-order valence-electron chi connectivity index (χ3n) is 2.78. The number of pyridine rings is 1. The Hall–Kier alpha value is -1.77. The van der Waals surface area contributed by atoms with Crippen molar-refractivity contribution in [1.29, 1.82) is 0 Å². The molecule has 0 atom stereocenters. The Balaban J connectivity index is 1.69. The van der Waals surface area contributed by atoms with Gasteiger partial charge in [-0.3, -0.25) is 4.40 Å². The molecular formula is C12H12N4O2S2. The van der Waals surface area contributed by atoms with Crippen molar-refractivity contribution < 1.29 is 8.42 Å². The first-order chi connectivity index (χ1) is 9.67. The average molecular weight is 308 g/mol. The molecule has 0 saturated heterocycles. The van der Waals surface area contributed by atoms with Gasteiger partial charge in [0.15, 0.2) is 5.65 Å². The Labute approximate surface area is 120 Å². The van der Waals surface area contributed by atoms with Gasteiger partial charge in [0.1, 0.15) is 10.0 Å². The topological polar surface area (TPSA) is 76.4 Å². The van der Waals surface area contributed by atoms with Crippen LogP contribution < -0.4 is 4.72 Å². The quantitative estimate of drug-likeness (QED) is 0.771. The third kappa shape index (κ3) is 2.58. The number of nitrogens with zero attached hydrogens (tertiary/aromatic N) is 3. The number of hydrogen-bond acceptors (Lipinski definition) is 5. The Kier molecular flexibility index (Phi) is 3.51. The van der Waals surface area contributed by atoms with Crippen molar-refractivity contribution in [2.75, 3.05) is 6.54 Å². The highest BCUT2D eigenvalue weighted by Crippen LogP contribution is 2.15. The minimum Gasteiger partial charge on any atom is -0.286 e. The summed E-state index contributed by atoms with van der Waals surface area (Å²) in [6.07, 6.45) is 2.34. The van der Waals surface area contributed by atoms with E-state index in [2.05, 4.69) is 14.9 Å². The largest absolute Gasteiger partial charge is 0.286 e. The maximum atomic E-state index is 11.9. The molecule has 6 nitrogen and oxygen atoms in total. The van der Waals surface area contributed by atoms with Crippen LogP contribution >= 0.6 is 11.3 Å². The van der Waals surface area contributed by atoms with Gasteiger partial charge >= 0.3 is 0 Å². The molecule has 0 aliphatic rings. The van der Waals surface area contributed by atoms with Crippen LogP contribution in [-0.4, -0.2) is 29.6 Å². The van der Waals surface area contributed by atoms with Crippen molar-refractivity contribution in [2.24, 2.45) is 0 Å².